The molecule has 0 aliphatic rings. The number of alkyl halides is 4. The number of rotatable bonds is 6. The molecular weight excluding hydrogens is 580 g/mol. The molecule has 0 bridgehead atoms. The van der Waals surface area contributed by atoms with Gasteiger partial charge >= 0.3 is 6.18 Å². The van der Waals surface area contributed by atoms with Crippen molar-refractivity contribution in [3.8, 4) is 11.5 Å². The summed E-state index contributed by atoms with van der Waals surface area (Å²) in [6.07, 6.45) is -3.19. The molecule has 0 aliphatic carbocycles. The molecule has 182 valence electrons. The lowest BCUT2D eigenvalue weighted by Crippen LogP contribution is -2.42. The first-order chi connectivity index (χ1) is 16.6. The Kier molecular flexibility index (Phi) is 8.27. The van der Waals surface area contributed by atoms with E-state index in [0.29, 0.717) is 21.5 Å². The molecule has 0 fully saturated rings. The summed E-state index contributed by atoms with van der Waals surface area (Å²) in [5, 5.41) is 2.46. The third-order valence-electron chi connectivity index (χ3n) is 4.66. The Labute approximate surface area is 211 Å². The van der Waals surface area contributed by atoms with Gasteiger partial charge in [-0.05, 0) is 48.0 Å². The van der Waals surface area contributed by atoms with E-state index in [4.69, 9.17) is 4.74 Å². The maximum atomic E-state index is 13.0. The van der Waals surface area contributed by atoms with Crippen LogP contribution in [0.5, 0.6) is 11.5 Å². The lowest BCUT2D eigenvalue weighted by atomic mass is 10.0. The van der Waals surface area contributed by atoms with Crippen molar-refractivity contribution < 1.29 is 32.3 Å². The fraction of sp³-hybridized carbons (Fsp3) is 0.130. The average molecular weight is 598 g/mol. The van der Waals surface area contributed by atoms with Gasteiger partial charge in [-0.2, -0.15) is 13.2 Å². The number of halogens is 4. The van der Waals surface area contributed by atoms with E-state index in [9.17, 15) is 27.6 Å². The minimum absolute atomic E-state index is 0.164. The first kappa shape index (κ1) is 25.9. The van der Waals surface area contributed by atoms with Crippen LogP contribution in [0.1, 0.15) is 42.3 Å². The Hall–Kier alpha value is -3.68. The smallest absolute Gasteiger partial charge is 0.416 e. The van der Waals surface area contributed by atoms with Crippen LogP contribution in [0.4, 0.5) is 13.2 Å². The molecule has 0 radical (unpaired) electrons. The molecule has 3 N–H and O–H groups in total. The highest BCUT2D eigenvalue weighted by Gasteiger charge is 2.31. The maximum absolute atomic E-state index is 13.0. The molecule has 12 heteroatoms. The summed E-state index contributed by atoms with van der Waals surface area (Å²) in [6, 6.07) is 11.7. The van der Waals surface area contributed by atoms with Gasteiger partial charge in [0.05, 0.1) is 5.56 Å². The molecule has 0 atom stereocenters. The van der Waals surface area contributed by atoms with Crippen LogP contribution >= 0.6 is 22.6 Å². The molecule has 3 rings (SSSR count). The van der Waals surface area contributed by atoms with Crippen LogP contribution in [0, 0.1) is 0 Å². The van der Waals surface area contributed by atoms with E-state index in [1.165, 1.54) is 49.6 Å². The van der Waals surface area contributed by atoms with E-state index >= 15 is 0 Å². The zero-order valence-electron chi connectivity index (χ0n) is 18.1. The third-order valence-corrected chi connectivity index (χ3v) is 5.48. The van der Waals surface area contributed by atoms with Crippen molar-refractivity contribution in [1.29, 1.82) is 0 Å². The molecule has 0 aliphatic heterocycles. The summed E-state index contributed by atoms with van der Waals surface area (Å²) >= 11 is 1.93. The van der Waals surface area contributed by atoms with Gasteiger partial charge in [0, 0.05) is 34.9 Å². The Morgan fingerprint density at radius 1 is 0.914 bits per heavy atom. The molecule has 35 heavy (non-hydrogen) atoms. The highest BCUT2D eigenvalue weighted by molar-refractivity contribution is 14.1. The molecule has 0 spiro atoms. The first-order valence-corrected chi connectivity index (χ1v) is 11.5. The van der Waals surface area contributed by atoms with Crippen molar-refractivity contribution in [2.75, 3.05) is 7.05 Å². The van der Waals surface area contributed by atoms with Crippen LogP contribution in [0.15, 0.2) is 60.8 Å². The monoisotopic (exact) mass is 598 g/mol. The fourth-order valence-corrected chi connectivity index (χ4v) is 3.54. The predicted molar refractivity (Wildman–Crippen MR) is 128 cm³/mol. The Bertz CT molecular complexity index is 1250. The SMILES string of the molecule is CNC(=O)c1cc(Oc2ccc(C(=O)NNC(=O)c3cc(C(F)(F)F)ccc3CI)cc2)ccn1. The van der Waals surface area contributed by atoms with Gasteiger partial charge in [0.2, 0.25) is 0 Å². The lowest BCUT2D eigenvalue weighted by molar-refractivity contribution is -0.137. The van der Waals surface area contributed by atoms with Gasteiger partial charge in [-0.3, -0.25) is 30.2 Å². The lowest BCUT2D eigenvalue weighted by Gasteiger charge is -2.13. The molecule has 0 saturated carbocycles. The van der Waals surface area contributed by atoms with Gasteiger partial charge in [0.15, 0.2) is 0 Å². The summed E-state index contributed by atoms with van der Waals surface area (Å²) in [5.74, 6) is -1.20. The van der Waals surface area contributed by atoms with Gasteiger partial charge in [-0.15, -0.1) is 0 Å². The fourth-order valence-electron chi connectivity index (χ4n) is 2.87. The Balaban J connectivity index is 1.64. The van der Waals surface area contributed by atoms with Crippen LogP contribution in [-0.2, 0) is 10.6 Å². The number of hydrogen-bond acceptors (Lipinski definition) is 5. The summed E-state index contributed by atoms with van der Waals surface area (Å²) in [5.41, 5.74) is 3.90. The Morgan fingerprint density at radius 3 is 2.23 bits per heavy atom. The molecule has 8 nitrogen and oxygen atoms in total. The molecule has 1 aromatic heterocycles. The van der Waals surface area contributed by atoms with Crippen molar-refractivity contribution in [3.63, 3.8) is 0 Å². The third kappa shape index (κ3) is 6.68. The standard InChI is InChI=1S/C23H18F3IN4O4/c1-28-22(34)19-11-17(8-9-29-19)35-16-6-3-13(4-7-16)20(32)30-31-21(33)18-10-15(23(24,25)26)5-2-14(18)12-27/h2-11H,12H2,1H3,(H,28,34)(H,30,32)(H,31,33). The highest BCUT2D eigenvalue weighted by Crippen LogP contribution is 2.31. The van der Waals surface area contributed by atoms with Gasteiger partial charge in [-0.1, -0.05) is 28.7 Å². The summed E-state index contributed by atoms with van der Waals surface area (Å²) in [6.45, 7) is 0. The number of benzene rings is 2. The van der Waals surface area contributed by atoms with Gasteiger partial charge in [-0.25, -0.2) is 0 Å². The molecular formula is C23H18F3IN4O4. The van der Waals surface area contributed by atoms with Crippen LogP contribution in [0.25, 0.3) is 0 Å². The van der Waals surface area contributed by atoms with Gasteiger partial charge in [0.1, 0.15) is 17.2 Å². The van der Waals surface area contributed by atoms with Crippen molar-refractivity contribution >= 4 is 40.3 Å². The largest absolute Gasteiger partial charge is 0.457 e. The number of amides is 3. The molecule has 3 aromatic rings. The number of pyridine rings is 1. The average Bonchev–Trinajstić information content (AvgIpc) is 2.86. The van der Waals surface area contributed by atoms with Gasteiger partial charge in [0.25, 0.3) is 17.7 Å². The van der Waals surface area contributed by atoms with E-state index in [1.54, 1.807) is 6.07 Å². The minimum atomic E-state index is -4.61. The highest BCUT2D eigenvalue weighted by atomic mass is 127. The van der Waals surface area contributed by atoms with E-state index in [0.717, 1.165) is 12.1 Å². The normalized spacial score (nSPS) is 10.9. The quantitative estimate of drug-likeness (QED) is 0.223. The van der Waals surface area contributed by atoms with E-state index < -0.39 is 23.6 Å². The van der Waals surface area contributed by atoms with E-state index in [-0.39, 0.29) is 22.7 Å². The molecule has 0 unspecified atom stereocenters. The number of nitrogens with one attached hydrogen (secondary N) is 3. The van der Waals surface area contributed by atoms with Crippen LogP contribution < -0.4 is 20.9 Å². The van der Waals surface area contributed by atoms with E-state index in [1.807, 2.05) is 22.6 Å². The second-order valence-electron chi connectivity index (χ2n) is 6.99. The van der Waals surface area contributed by atoms with Crippen molar-refractivity contribution in [3.05, 3.63) is 88.7 Å². The molecule has 0 saturated heterocycles. The number of carbonyl (C=O) groups excluding carboxylic acids is 3. The van der Waals surface area contributed by atoms with Gasteiger partial charge < -0.3 is 10.1 Å². The first-order valence-electron chi connectivity index (χ1n) is 9.95. The number of ether oxygens (including phenoxy) is 1. The number of hydrogen-bond donors (Lipinski definition) is 3. The number of aromatic nitrogens is 1. The zero-order valence-corrected chi connectivity index (χ0v) is 20.2. The number of hydrazine groups is 1. The van der Waals surface area contributed by atoms with Crippen LogP contribution in [0.3, 0.4) is 0 Å². The van der Waals surface area contributed by atoms with E-state index in [2.05, 4.69) is 21.2 Å². The second kappa shape index (κ2) is 11.2. The minimum Gasteiger partial charge on any atom is -0.457 e. The molecule has 1 heterocycles. The molecule has 3 amide bonds. The Morgan fingerprint density at radius 2 is 1.60 bits per heavy atom. The molecule has 2 aromatic carbocycles. The topological polar surface area (TPSA) is 109 Å². The van der Waals surface area contributed by atoms with Crippen molar-refractivity contribution in [1.82, 2.24) is 21.2 Å². The van der Waals surface area contributed by atoms with Crippen molar-refractivity contribution in [2.45, 2.75) is 10.6 Å². The van der Waals surface area contributed by atoms with Crippen molar-refractivity contribution in [2.24, 2.45) is 0 Å². The second-order valence-corrected chi connectivity index (χ2v) is 7.76. The predicted octanol–water partition coefficient (Wildman–Crippen LogP) is 4.26. The maximum Gasteiger partial charge on any atom is 0.416 e. The summed E-state index contributed by atoms with van der Waals surface area (Å²) in [7, 11) is 1.48. The number of carbonyl (C=O) groups is 3. The van der Waals surface area contributed by atoms with Crippen LogP contribution in [0.2, 0.25) is 0 Å². The zero-order chi connectivity index (χ0) is 25.6. The summed E-state index contributed by atoms with van der Waals surface area (Å²) < 4.78 is 45.0. The van der Waals surface area contributed by atoms with Crippen LogP contribution in [-0.4, -0.2) is 29.8 Å². The number of nitrogens with zero attached hydrogens (tertiary/aromatic N) is 1. The summed E-state index contributed by atoms with van der Waals surface area (Å²) in [4.78, 5) is 40.4.